The summed E-state index contributed by atoms with van der Waals surface area (Å²) >= 11 is 0. The minimum absolute atomic E-state index is 0.225. The zero-order valence-corrected chi connectivity index (χ0v) is 13.5. The molecule has 0 saturated heterocycles. The summed E-state index contributed by atoms with van der Waals surface area (Å²) in [6.07, 6.45) is -3.60. The third kappa shape index (κ3) is 5.07. The van der Waals surface area contributed by atoms with Crippen LogP contribution >= 0.6 is 0 Å². The van der Waals surface area contributed by atoms with Crippen molar-refractivity contribution in [3.05, 3.63) is 65.2 Å². The molecule has 7 heteroatoms. The third-order valence-electron chi connectivity index (χ3n) is 3.41. The lowest BCUT2D eigenvalue weighted by Crippen LogP contribution is -2.24. The van der Waals surface area contributed by atoms with Gasteiger partial charge in [-0.2, -0.15) is 13.2 Å². The van der Waals surface area contributed by atoms with Gasteiger partial charge in [-0.15, -0.1) is 0 Å². The van der Waals surface area contributed by atoms with Crippen LogP contribution < -0.4 is 10.6 Å². The zero-order chi connectivity index (χ0) is 18.4. The van der Waals surface area contributed by atoms with Gasteiger partial charge in [0.15, 0.2) is 0 Å². The molecule has 2 aromatic rings. The number of anilines is 1. The predicted molar refractivity (Wildman–Crippen MR) is 88.5 cm³/mol. The second kappa shape index (κ2) is 7.83. The van der Waals surface area contributed by atoms with E-state index in [4.69, 9.17) is 0 Å². The Hall–Kier alpha value is -2.83. The number of nitrogens with one attached hydrogen (secondary N) is 2. The second-order valence-corrected chi connectivity index (χ2v) is 5.36. The van der Waals surface area contributed by atoms with E-state index in [-0.39, 0.29) is 11.6 Å². The van der Waals surface area contributed by atoms with Crippen molar-refractivity contribution >= 4 is 17.5 Å². The van der Waals surface area contributed by atoms with Crippen LogP contribution in [0.25, 0.3) is 0 Å². The van der Waals surface area contributed by atoms with Crippen molar-refractivity contribution in [2.45, 2.75) is 19.5 Å². The molecular formula is C18H17F3N2O2. The highest BCUT2D eigenvalue weighted by Gasteiger charge is 2.29. The normalized spacial score (nSPS) is 11.0. The summed E-state index contributed by atoms with van der Waals surface area (Å²) in [5, 5.41) is 5.24. The van der Waals surface area contributed by atoms with Crippen molar-refractivity contribution in [3.8, 4) is 0 Å². The van der Waals surface area contributed by atoms with E-state index in [9.17, 15) is 22.8 Å². The summed E-state index contributed by atoms with van der Waals surface area (Å²) < 4.78 is 37.5. The van der Waals surface area contributed by atoms with Gasteiger partial charge < -0.3 is 10.6 Å². The number of hydrogen-bond acceptors (Lipinski definition) is 2. The number of carbonyl (C=O) groups excluding carboxylic acids is 2. The minimum Gasteiger partial charge on any atom is -0.352 e. The van der Waals surface area contributed by atoms with E-state index in [0.717, 1.165) is 18.6 Å². The molecule has 0 aliphatic heterocycles. The Labute approximate surface area is 143 Å². The molecule has 2 amide bonds. The maximum absolute atomic E-state index is 12.5. The smallest absolute Gasteiger partial charge is 0.352 e. The Morgan fingerprint density at radius 2 is 1.40 bits per heavy atom. The molecule has 132 valence electrons. The minimum atomic E-state index is -4.42. The maximum atomic E-state index is 12.5. The molecule has 2 N–H and O–H groups in total. The van der Waals surface area contributed by atoms with Crippen LogP contribution in [0, 0.1) is 0 Å². The fraction of sp³-hybridized carbons (Fsp3) is 0.222. The summed E-state index contributed by atoms with van der Waals surface area (Å²) in [7, 11) is 0. The zero-order valence-electron chi connectivity index (χ0n) is 13.5. The maximum Gasteiger partial charge on any atom is 0.416 e. The topological polar surface area (TPSA) is 58.2 Å². The number of alkyl halides is 3. The predicted octanol–water partition coefficient (Wildman–Crippen LogP) is 4.10. The second-order valence-electron chi connectivity index (χ2n) is 5.36. The van der Waals surface area contributed by atoms with E-state index in [2.05, 4.69) is 10.6 Å². The molecule has 0 aliphatic carbocycles. The van der Waals surface area contributed by atoms with E-state index < -0.39 is 17.6 Å². The van der Waals surface area contributed by atoms with Gasteiger partial charge in [0.2, 0.25) is 0 Å². The Kier molecular flexibility index (Phi) is 5.80. The molecule has 25 heavy (non-hydrogen) atoms. The highest BCUT2D eigenvalue weighted by atomic mass is 19.4. The van der Waals surface area contributed by atoms with Crippen molar-refractivity contribution in [1.82, 2.24) is 5.32 Å². The van der Waals surface area contributed by atoms with Gasteiger partial charge in [0.05, 0.1) is 5.56 Å². The highest BCUT2D eigenvalue weighted by molar-refractivity contribution is 6.05. The van der Waals surface area contributed by atoms with Crippen molar-refractivity contribution in [2.24, 2.45) is 0 Å². The van der Waals surface area contributed by atoms with Crippen LogP contribution in [0.5, 0.6) is 0 Å². The van der Waals surface area contributed by atoms with Crippen LogP contribution in [0.4, 0.5) is 18.9 Å². The van der Waals surface area contributed by atoms with Crippen LogP contribution in [0.15, 0.2) is 48.5 Å². The molecule has 0 aliphatic rings. The Morgan fingerprint density at radius 1 is 0.880 bits per heavy atom. The van der Waals surface area contributed by atoms with Gasteiger partial charge >= 0.3 is 6.18 Å². The molecule has 0 radical (unpaired) electrons. The molecule has 0 atom stereocenters. The van der Waals surface area contributed by atoms with E-state index in [0.29, 0.717) is 17.7 Å². The Bertz CT molecular complexity index is 738. The fourth-order valence-corrected chi connectivity index (χ4v) is 2.06. The van der Waals surface area contributed by atoms with E-state index >= 15 is 0 Å². The first kappa shape index (κ1) is 18.5. The summed E-state index contributed by atoms with van der Waals surface area (Å²) in [5.41, 5.74) is 0.196. The summed E-state index contributed by atoms with van der Waals surface area (Å²) in [5.74, 6) is -0.697. The van der Waals surface area contributed by atoms with E-state index in [1.54, 1.807) is 0 Å². The lowest BCUT2D eigenvalue weighted by Gasteiger charge is -2.09. The number of halogens is 3. The molecule has 0 saturated carbocycles. The monoisotopic (exact) mass is 350 g/mol. The quantitative estimate of drug-likeness (QED) is 0.853. The molecule has 0 unspecified atom stereocenters. The highest BCUT2D eigenvalue weighted by Crippen LogP contribution is 2.29. The Balaban J connectivity index is 2.02. The lowest BCUT2D eigenvalue weighted by molar-refractivity contribution is -0.137. The van der Waals surface area contributed by atoms with Crippen LogP contribution in [-0.4, -0.2) is 18.4 Å². The molecular weight excluding hydrogens is 333 g/mol. The molecule has 4 nitrogen and oxygen atoms in total. The molecule has 2 aromatic carbocycles. The van der Waals surface area contributed by atoms with Crippen LogP contribution in [0.2, 0.25) is 0 Å². The molecule has 0 bridgehead atoms. The number of hydrogen-bond donors (Lipinski definition) is 2. The van der Waals surface area contributed by atoms with Crippen LogP contribution in [-0.2, 0) is 6.18 Å². The summed E-state index contributed by atoms with van der Waals surface area (Å²) in [6.45, 7) is 2.50. The van der Waals surface area contributed by atoms with Gasteiger partial charge in [-0.05, 0) is 55.0 Å². The molecule has 0 heterocycles. The largest absolute Gasteiger partial charge is 0.416 e. The van der Waals surface area contributed by atoms with Crippen molar-refractivity contribution < 1.29 is 22.8 Å². The third-order valence-corrected chi connectivity index (χ3v) is 3.41. The summed E-state index contributed by atoms with van der Waals surface area (Å²) in [4.78, 5) is 23.9. The standard InChI is InChI=1S/C18H17F3N2O2/c1-2-11-22-16(24)12-3-5-13(6-4-12)17(25)23-15-9-7-14(8-10-15)18(19,20)21/h3-10H,2,11H2,1H3,(H,22,24)(H,23,25). The first-order chi connectivity index (χ1) is 11.8. The van der Waals surface area contributed by atoms with Crippen molar-refractivity contribution in [1.29, 1.82) is 0 Å². The van der Waals surface area contributed by atoms with Crippen LogP contribution in [0.1, 0.15) is 39.6 Å². The molecule has 0 fully saturated rings. The SMILES string of the molecule is CCCNC(=O)c1ccc(C(=O)Nc2ccc(C(F)(F)F)cc2)cc1. The van der Waals surface area contributed by atoms with E-state index in [1.807, 2.05) is 6.92 Å². The van der Waals surface area contributed by atoms with Gasteiger partial charge in [-0.3, -0.25) is 9.59 Å². The summed E-state index contributed by atoms with van der Waals surface area (Å²) in [6, 6.07) is 10.2. The number of carbonyl (C=O) groups is 2. The van der Waals surface area contributed by atoms with Crippen molar-refractivity contribution in [2.75, 3.05) is 11.9 Å². The molecule has 0 aromatic heterocycles. The van der Waals surface area contributed by atoms with Gasteiger partial charge in [0.25, 0.3) is 11.8 Å². The number of amides is 2. The van der Waals surface area contributed by atoms with Gasteiger partial charge in [0.1, 0.15) is 0 Å². The lowest BCUT2D eigenvalue weighted by atomic mass is 10.1. The number of rotatable bonds is 5. The van der Waals surface area contributed by atoms with Crippen LogP contribution in [0.3, 0.4) is 0 Å². The Morgan fingerprint density at radius 3 is 1.88 bits per heavy atom. The number of benzene rings is 2. The van der Waals surface area contributed by atoms with E-state index in [1.165, 1.54) is 36.4 Å². The van der Waals surface area contributed by atoms with Crippen molar-refractivity contribution in [3.63, 3.8) is 0 Å². The first-order valence-corrected chi connectivity index (χ1v) is 7.68. The van der Waals surface area contributed by atoms with Gasteiger partial charge in [-0.25, -0.2) is 0 Å². The fourth-order valence-electron chi connectivity index (χ4n) is 2.06. The average molecular weight is 350 g/mol. The van der Waals surface area contributed by atoms with Gasteiger partial charge in [-0.1, -0.05) is 6.92 Å². The first-order valence-electron chi connectivity index (χ1n) is 7.68. The van der Waals surface area contributed by atoms with Gasteiger partial charge in [0, 0.05) is 23.4 Å². The molecule has 0 spiro atoms. The average Bonchev–Trinajstić information content (AvgIpc) is 2.59. The molecule has 2 rings (SSSR count).